The summed E-state index contributed by atoms with van der Waals surface area (Å²) in [4.78, 5) is 29.3. The summed E-state index contributed by atoms with van der Waals surface area (Å²) in [7, 11) is 1.80. The number of Topliss-reactive ketones (excluding diaryl/α,β-unsaturated/α-hetero) is 1. The van der Waals surface area contributed by atoms with E-state index in [4.69, 9.17) is 0 Å². The zero-order valence-corrected chi connectivity index (χ0v) is 18.0. The molecule has 4 nitrogen and oxygen atoms in total. The van der Waals surface area contributed by atoms with Crippen molar-refractivity contribution in [2.24, 2.45) is 5.41 Å². The molecule has 3 aliphatic rings. The Morgan fingerprint density at radius 2 is 1.65 bits per heavy atom. The van der Waals surface area contributed by atoms with E-state index in [1.54, 1.807) is 11.9 Å². The molecule has 1 atom stereocenters. The Morgan fingerprint density at radius 1 is 0.903 bits per heavy atom. The third-order valence-electron chi connectivity index (χ3n) is 7.10. The van der Waals surface area contributed by atoms with Gasteiger partial charge in [-0.3, -0.25) is 9.59 Å². The molecule has 3 aromatic rings. The number of hydrogen-bond donors (Lipinski definition) is 1. The molecule has 0 saturated carbocycles. The minimum absolute atomic E-state index is 0.0655. The summed E-state index contributed by atoms with van der Waals surface area (Å²) in [5.74, 6) is -0.0242. The summed E-state index contributed by atoms with van der Waals surface area (Å²) in [6, 6.07) is 20.2. The van der Waals surface area contributed by atoms with Crippen molar-refractivity contribution in [3.63, 3.8) is 0 Å². The second-order valence-corrected chi connectivity index (χ2v) is 9.76. The van der Waals surface area contributed by atoms with Gasteiger partial charge in [0, 0.05) is 41.5 Å². The maximum atomic E-state index is 13.9. The molecule has 4 heteroatoms. The number of likely N-dealkylation sites (N-methyl/N-ethyl adjacent to an activating group) is 1. The van der Waals surface area contributed by atoms with Gasteiger partial charge in [0.15, 0.2) is 11.3 Å². The quantitative estimate of drug-likeness (QED) is 0.551. The molecule has 1 N–H and O–H groups in total. The van der Waals surface area contributed by atoms with Crippen LogP contribution in [-0.4, -0.2) is 18.7 Å². The monoisotopic (exact) mass is 408 g/mol. The largest absolute Gasteiger partial charge is 0.363 e. The molecular weight excluding hydrogens is 384 g/mol. The van der Waals surface area contributed by atoms with E-state index < -0.39 is 5.54 Å². The summed E-state index contributed by atoms with van der Waals surface area (Å²) >= 11 is 0. The van der Waals surface area contributed by atoms with E-state index in [1.165, 1.54) is 0 Å². The number of rotatable bonds is 0. The molecule has 0 radical (unpaired) electrons. The van der Waals surface area contributed by atoms with Crippen molar-refractivity contribution in [3.05, 3.63) is 77.4 Å². The van der Waals surface area contributed by atoms with Gasteiger partial charge >= 0.3 is 0 Å². The van der Waals surface area contributed by atoms with Crippen LogP contribution in [0.15, 0.2) is 66.2 Å². The number of carbonyl (C=O) groups is 2. The fourth-order valence-electron chi connectivity index (χ4n) is 5.86. The van der Waals surface area contributed by atoms with E-state index in [-0.39, 0.29) is 17.1 Å². The van der Waals surface area contributed by atoms with Crippen molar-refractivity contribution in [3.8, 4) is 0 Å². The lowest BCUT2D eigenvalue weighted by Crippen LogP contribution is -2.52. The van der Waals surface area contributed by atoms with E-state index in [9.17, 15) is 9.59 Å². The summed E-state index contributed by atoms with van der Waals surface area (Å²) in [5, 5.41) is 5.84. The predicted octanol–water partition coefficient (Wildman–Crippen LogP) is 5.28. The molecule has 1 spiro atoms. The van der Waals surface area contributed by atoms with Crippen molar-refractivity contribution in [2.75, 3.05) is 17.3 Å². The Labute approximate surface area is 181 Å². The number of allylic oxidation sites excluding steroid dienone is 1. The number of para-hydroxylation sites is 1. The first-order valence-electron chi connectivity index (χ1n) is 10.8. The summed E-state index contributed by atoms with van der Waals surface area (Å²) in [6.45, 7) is 4.29. The molecule has 2 heterocycles. The van der Waals surface area contributed by atoms with Gasteiger partial charge in [-0.05, 0) is 40.3 Å². The normalized spacial score (nSPS) is 23.6. The fraction of sp³-hybridized carbons (Fsp3) is 0.259. The molecule has 31 heavy (non-hydrogen) atoms. The fourth-order valence-corrected chi connectivity index (χ4v) is 5.86. The number of nitrogens with one attached hydrogen (secondary N) is 1. The van der Waals surface area contributed by atoms with Crippen LogP contribution < -0.4 is 10.2 Å². The van der Waals surface area contributed by atoms with Crippen LogP contribution in [0.3, 0.4) is 0 Å². The van der Waals surface area contributed by atoms with Gasteiger partial charge in [-0.15, -0.1) is 0 Å². The van der Waals surface area contributed by atoms with Gasteiger partial charge in [-0.25, -0.2) is 0 Å². The van der Waals surface area contributed by atoms with Gasteiger partial charge in [0.1, 0.15) is 0 Å². The standard InChI is InChI=1S/C27H24N2O2/c1-26(2)14-18-23-17-9-5-4-8-16(17)12-13-20(23)28-27(24(18)22(30)15-26)19-10-6-7-11-21(19)29(3)25(27)31/h4-13,28H,14-15H2,1-3H3/t27-/m1/s1. The van der Waals surface area contributed by atoms with Crippen molar-refractivity contribution >= 4 is 39.4 Å². The Balaban J connectivity index is 1.76. The minimum atomic E-state index is -1.16. The van der Waals surface area contributed by atoms with E-state index >= 15 is 0 Å². The minimum Gasteiger partial charge on any atom is -0.363 e. The molecule has 0 bridgehead atoms. The highest BCUT2D eigenvalue weighted by molar-refractivity contribution is 6.24. The molecule has 0 fully saturated rings. The lowest BCUT2D eigenvalue weighted by Gasteiger charge is -2.44. The average molecular weight is 409 g/mol. The van der Waals surface area contributed by atoms with Crippen molar-refractivity contribution in [2.45, 2.75) is 32.2 Å². The molecule has 0 unspecified atom stereocenters. The van der Waals surface area contributed by atoms with Gasteiger partial charge in [0.05, 0.1) is 0 Å². The molecule has 0 saturated heterocycles. The highest BCUT2D eigenvalue weighted by Gasteiger charge is 2.58. The highest BCUT2D eigenvalue weighted by Crippen LogP contribution is 2.57. The number of anilines is 2. The van der Waals surface area contributed by atoms with E-state index in [1.807, 2.05) is 36.4 Å². The van der Waals surface area contributed by atoms with Crippen LogP contribution >= 0.6 is 0 Å². The predicted molar refractivity (Wildman–Crippen MR) is 124 cm³/mol. The van der Waals surface area contributed by atoms with Crippen LogP contribution in [0, 0.1) is 5.41 Å². The maximum Gasteiger partial charge on any atom is 0.262 e. The first-order valence-corrected chi connectivity index (χ1v) is 10.8. The number of fused-ring (bicyclic) bond motifs is 7. The zero-order valence-electron chi connectivity index (χ0n) is 18.0. The summed E-state index contributed by atoms with van der Waals surface area (Å²) < 4.78 is 0. The van der Waals surface area contributed by atoms with Crippen LogP contribution in [-0.2, 0) is 15.1 Å². The molecule has 1 aliphatic carbocycles. The SMILES string of the molecule is CN1C(=O)[C@@]2(Nc3ccc4ccccc4c3C3=C2C(=O)CC(C)(C)C3)c2ccccc21. The van der Waals surface area contributed by atoms with Crippen LogP contribution in [0.4, 0.5) is 11.4 Å². The van der Waals surface area contributed by atoms with Gasteiger partial charge in [-0.2, -0.15) is 0 Å². The number of ketones is 1. The third kappa shape index (κ3) is 2.25. The van der Waals surface area contributed by atoms with Gasteiger partial charge in [0.2, 0.25) is 0 Å². The molecular formula is C27H24N2O2. The van der Waals surface area contributed by atoms with Gasteiger partial charge in [-0.1, -0.05) is 62.4 Å². The van der Waals surface area contributed by atoms with Gasteiger partial charge < -0.3 is 10.2 Å². The van der Waals surface area contributed by atoms with E-state index in [0.29, 0.717) is 12.0 Å². The number of hydrogen-bond acceptors (Lipinski definition) is 3. The first kappa shape index (κ1) is 18.4. The number of carbonyl (C=O) groups excluding carboxylic acids is 2. The molecule has 3 aromatic carbocycles. The van der Waals surface area contributed by atoms with E-state index in [2.05, 4.69) is 43.4 Å². The Bertz CT molecular complexity index is 1350. The van der Waals surface area contributed by atoms with Crippen LogP contribution in [0.25, 0.3) is 16.3 Å². The maximum absolute atomic E-state index is 13.9. The van der Waals surface area contributed by atoms with Gasteiger partial charge in [0.25, 0.3) is 5.91 Å². The van der Waals surface area contributed by atoms with Crippen LogP contribution in [0.1, 0.15) is 37.8 Å². The molecule has 2 aliphatic heterocycles. The third-order valence-corrected chi connectivity index (χ3v) is 7.10. The lowest BCUT2D eigenvalue weighted by molar-refractivity contribution is -0.124. The average Bonchev–Trinajstić information content (AvgIpc) is 2.95. The summed E-state index contributed by atoms with van der Waals surface area (Å²) in [5.41, 5.74) is 4.04. The Morgan fingerprint density at radius 3 is 2.48 bits per heavy atom. The first-order chi connectivity index (χ1) is 14.8. The van der Waals surface area contributed by atoms with E-state index in [0.717, 1.165) is 45.3 Å². The molecule has 6 rings (SSSR count). The van der Waals surface area contributed by atoms with Crippen molar-refractivity contribution in [1.29, 1.82) is 0 Å². The number of nitrogens with zero attached hydrogens (tertiary/aromatic N) is 1. The Hall–Kier alpha value is -3.40. The zero-order chi connectivity index (χ0) is 21.5. The topological polar surface area (TPSA) is 49.4 Å². The Kier molecular flexibility index (Phi) is 3.47. The number of amides is 1. The molecule has 1 amide bonds. The smallest absolute Gasteiger partial charge is 0.262 e. The van der Waals surface area contributed by atoms with Crippen LogP contribution in [0.5, 0.6) is 0 Å². The second kappa shape index (κ2) is 5.85. The van der Waals surface area contributed by atoms with Crippen molar-refractivity contribution < 1.29 is 9.59 Å². The molecule has 154 valence electrons. The summed E-state index contributed by atoms with van der Waals surface area (Å²) in [6.07, 6.45) is 1.20. The van der Waals surface area contributed by atoms with Crippen LogP contribution in [0.2, 0.25) is 0 Å². The highest BCUT2D eigenvalue weighted by atomic mass is 16.2. The number of benzene rings is 3. The lowest BCUT2D eigenvalue weighted by atomic mass is 9.64. The second-order valence-electron chi connectivity index (χ2n) is 9.76. The molecule has 0 aromatic heterocycles. The van der Waals surface area contributed by atoms with Crippen molar-refractivity contribution in [1.82, 2.24) is 0 Å².